The zero-order valence-corrected chi connectivity index (χ0v) is 15.5. The first-order valence-electron chi connectivity index (χ1n) is 9.22. The summed E-state index contributed by atoms with van der Waals surface area (Å²) in [5.74, 6) is 0. The number of rotatable bonds is 3. The third kappa shape index (κ3) is 3.82. The highest BCUT2D eigenvalue weighted by Crippen LogP contribution is 2.31. The third-order valence-corrected chi connectivity index (χ3v) is 5.55. The van der Waals surface area contributed by atoms with Gasteiger partial charge in [-0.1, -0.05) is 18.2 Å². The van der Waals surface area contributed by atoms with E-state index in [0.29, 0.717) is 31.5 Å². The first-order chi connectivity index (χ1) is 12.7. The molecule has 1 aromatic heterocycles. The zero-order chi connectivity index (χ0) is 17.9. The van der Waals surface area contributed by atoms with Gasteiger partial charge in [-0.25, -0.2) is 4.79 Å². The number of hydrogen-bond donors (Lipinski definition) is 1. The molecule has 0 atom stereocenters. The van der Waals surface area contributed by atoms with Crippen LogP contribution in [-0.4, -0.2) is 61.3 Å². The van der Waals surface area contributed by atoms with Crippen molar-refractivity contribution < 1.29 is 13.9 Å². The van der Waals surface area contributed by atoms with Gasteiger partial charge >= 0.3 is 6.03 Å². The molecule has 1 N–H and O–H groups in total. The van der Waals surface area contributed by atoms with Crippen LogP contribution >= 0.6 is 11.6 Å². The van der Waals surface area contributed by atoms with Gasteiger partial charge < -0.3 is 19.4 Å². The van der Waals surface area contributed by atoms with E-state index in [1.807, 2.05) is 23.1 Å². The highest BCUT2D eigenvalue weighted by Gasteiger charge is 2.25. The number of piperidine rings is 1. The van der Waals surface area contributed by atoms with Gasteiger partial charge in [-0.2, -0.15) is 0 Å². The second-order valence-corrected chi connectivity index (χ2v) is 7.29. The van der Waals surface area contributed by atoms with Crippen molar-refractivity contribution in [2.24, 2.45) is 0 Å². The van der Waals surface area contributed by atoms with Gasteiger partial charge in [0.15, 0.2) is 5.22 Å². The maximum atomic E-state index is 12.3. The molecule has 2 saturated heterocycles. The summed E-state index contributed by atoms with van der Waals surface area (Å²) in [6.07, 6.45) is 1.90. The van der Waals surface area contributed by atoms with Crippen molar-refractivity contribution in [3.8, 4) is 0 Å². The summed E-state index contributed by atoms with van der Waals surface area (Å²) in [5, 5.41) is 4.73. The Balaban J connectivity index is 1.31. The zero-order valence-electron chi connectivity index (χ0n) is 14.7. The molecule has 0 spiro atoms. The normalized spacial score (nSPS) is 19.8. The summed E-state index contributed by atoms with van der Waals surface area (Å²) in [6.45, 7) is 5.26. The second kappa shape index (κ2) is 7.86. The van der Waals surface area contributed by atoms with Crippen LogP contribution in [0.1, 0.15) is 18.4 Å². The summed E-state index contributed by atoms with van der Waals surface area (Å²) in [7, 11) is 0. The van der Waals surface area contributed by atoms with Gasteiger partial charge in [-0.05, 0) is 30.5 Å². The highest BCUT2D eigenvalue weighted by molar-refractivity contribution is 6.30. The van der Waals surface area contributed by atoms with E-state index in [1.54, 1.807) is 0 Å². The van der Waals surface area contributed by atoms with Crippen molar-refractivity contribution in [3.05, 3.63) is 35.0 Å². The number of carbonyl (C=O) groups is 1. The lowest BCUT2D eigenvalue weighted by molar-refractivity contribution is 0.0516. The number of furan rings is 1. The molecule has 0 unspecified atom stereocenters. The molecule has 1 aromatic carbocycles. The lowest BCUT2D eigenvalue weighted by atomic mass is 10.0. The van der Waals surface area contributed by atoms with Crippen molar-refractivity contribution in [3.63, 3.8) is 0 Å². The van der Waals surface area contributed by atoms with Crippen LogP contribution in [0, 0.1) is 0 Å². The molecule has 26 heavy (non-hydrogen) atoms. The molecule has 6 nitrogen and oxygen atoms in total. The van der Waals surface area contributed by atoms with Crippen molar-refractivity contribution in [1.29, 1.82) is 0 Å². The number of nitrogens with one attached hydrogen (secondary N) is 1. The number of hydrogen-bond acceptors (Lipinski definition) is 4. The molecule has 4 rings (SSSR count). The van der Waals surface area contributed by atoms with Crippen molar-refractivity contribution in [2.45, 2.75) is 25.4 Å². The van der Waals surface area contributed by atoms with Crippen LogP contribution in [0.2, 0.25) is 5.22 Å². The average molecular weight is 378 g/mol. The lowest BCUT2D eigenvalue weighted by Crippen LogP contribution is -2.51. The Morgan fingerprint density at radius 1 is 1.15 bits per heavy atom. The maximum absolute atomic E-state index is 12.3. The van der Waals surface area contributed by atoms with Crippen LogP contribution in [0.3, 0.4) is 0 Å². The topological polar surface area (TPSA) is 58.0 Å². The van der Waals surface area contributed by atoms with Crippen molar-refractivity contribution in [1.82, 2.24) is 15.1 Å². The molecule has 2 fully saturated rings. The molecule has 0 radical (unpaired) electrons. The molecule has 0 saturated carbocycles. The lowest BCUT2D eigenvalue weighted by Gasteiger charge is -2.34. The number of morpholine rings is 1. The summed E-state index contributed by atoms with van der Waals surface area (Å²) >= 11 is 6.30. The Kier molecular flexibility index (Phi) is 5.33. The number of amides is 2. The number of ether oxygens (including phenoxy) is 1. The molecular weight excluding hydrogens is 354 g/mol. The minimum Gasteiger partial charge on any atom is -0.444 e. The van der Waals surface area contributed by atoms with E-state index >= 15 is 0 Å². The van der Waals surface area contributed by atoms with Crippen LogP contribution in [0.25, 0.3) is 11.0 Å². The van der Waals surface area contributed by atoms with Crippen LogP contribution in [0.5, 0.6) is 0 Å². The predicted molar refractivity (Wildman–Crippen MR) is 100 cm³/mol. The second-order valence-electron chi connectivity index (χ2n) is 6.95. The summed E-state index contributed by atoms with van der Waals surface area (Å²) in [6, 6.07) is 8.22. The van der Waals surface area contributed by atoms with Crippen LogP contribution in [0.4, 0.5) is 4.79 Å². The SMILES string of the molecule is O=C(NC1CCN(Cc2c(Cl)oc3ccccc23)CC1)N1CCOCC1. The van der Waals surface area contributed by atoms with E-state index in [-0.39, 0.29) is 12.1 Å². The largest absolute Gasteiger partial charge is 0.444 e. The molecule has 0 bridgehead atoms. The minimum absolute atomic E-state index is 0.0376. The van der Waals surface area contributed by atoms with Crippen molar-refractivity contribution in [2.75, 3.05) is 39.4 Å². The number of likely N-dealkylation sites (tertiary alicyclic amines) is 1. The fourth-order valence-corrected chi connectivity index (χ4v) is 3.95. The Morgan fingerprint density at radius 2 is 1.88 bits per heavy atom. The molecule has 2 amide bonds. The maximum Gasteiger partial charge on any atom is 0.317 e. The number of fused-ring (bicyclic) bond motifs is 1. The Bertz CT molecular complexity index is 764. The predicted octanol–water partition coefficient (Wildman–Crippen LogP) is 3.09. The van der Waals surface area contributed by atoms with Crippen LogP contribution in [-0.2, 0) is 11.3 Å². The quantitative estimate of drug-likeness (QED) is 0.893. The Labute approximate surface area is 158 Å². The first-order valence-corrected chi connectivity index (χ1v) is 9.60. The summed E-state index contributed by atoms with van der Waals surface area (Å²) in [5.41, 5.74) is 1.89. The van der Waals surface area contributed by atoms with E-state index in [1.165, 1.54) is 0 Å². The van der Waals surface area contributed by atoms with E-state index < -0.39 is 0 Å². The Hall–Kier alpha value is -1.76. The molecule has 2 aliphatic rings. The van der Waals surface area contributed by atoms with E-state index in [9.17, 15) is 4.79 Å². The number of halogens is 1. The minimum atomic E-state index is 0.0376. The van der Waals surface area contributed by atoms with E-state index in [4.69, 9.17) is 20.8 Å². The molecule has 7 heteroatoms. The van der Waals surface area contributed by atoms with Gasteiger partial charge in [0.1, 0.15) is 5.58 Å². The first kappa shape index (κ1) is 17.6. The number of benzene rings is 1. The van der Waals surface area contributed by atoms with E-state index in [2.05, 4.69) is 16.3 Å². The molecular formula is C19H24ClN3O3. The molecule has 140 valence electrons. The number of carbonyl (C=O) groups excluding carboxylic acids is 1. The summed E-state index contributed by atoms with van der Waals surface area (Å²) in [4.78, 5) is 16.5. The standard InChI is InChI=1S/C19H24ClN3O3/c20-18-16(15-3-1-2-4-17(15)26-18)13-22-7-5-14(6-8-22)21-19(24)23-9-11-25-12-10-23/h1-4,14H,5-13H2,(H,21,24). The van der Waals surface area contributed by atoms with Gasteiger partial charge in [0.2, 0.25) is 0 Å². The number of urea groups is 1. The fraction of sp³-hybridized carbons (Fsp3) is 0.526. The molecule has 0 aliphatic carbocycles. The van der Waals surface area contributed by atoms with Gasteiger partial charge in [0.25, 0.3) is 0 Å². The van der Waals surface area contributed by atoms with Crippen LogP contribution < -0.4 is 5.32 Å². The van der Waals surface area contributed by atoms with Crippen molar-refractivity contribution >= 4 is 28.6 Å². The third-order valence-electron chi connectivity index (χ3n) is 5.24. The van der Waals surface area contributed by atoms with E-state index in [0.717, 1.165) is 49.0 Å². The molecule has 3 heterocycles. The fourth-order valence-electron chi connectivity index (χ4n) is 3.71. The van der Waals surface area contributed by atoms with Gasteiger partial charge in [-0.3, -0.25) is 4.90 Å². The highest BCUT2D eigenvalue weighted by atomic mass is 35.5. The number of para-hydroxylation sites is 1. The molecule has 2 aromatic rings. The van der Waals surface area contributed by atoms with Gasteiger partial charge in [0.05, 0.1) is 13.2 Å². The molecule has 2 aliphatic heterocycles. The van der Waals surface area contributed by atoms with Gasteiger partial charge in [0, 0.05) is 49.7 Å². The Morgan fingerprint density at radius 3 is 2.65 bits per heavy atom. The smallest absolute Gasteiger partial charge is 0.317 e. The monoisotopic (exact) mass is 377 g/mol. The van der Waals surface area contributed by atoms with Crippen LogP contribution in [0.15, 0.2) is 28.7 Å². The average Bonchev–Trinajstić information content (AvgIpc) is 2.99. The number of nitrogens with zero attached hydrogens (tertiary/aromatic N) is 2. The van der Waals surface area contributed by atoms with Gasteiger partial charge in [-0.15, -0.1) is 0 Å². The summed E-state index contributed by atoms with van der Waals surface area (Å²) < 4.78 is 10.9.